The molecule has 0 radical (unpaired) electrons. The molecule has 1 aliphatic carbocycles. The highest BCUT2D eigenvalue weighted by Gasteiger charge is 2.36. The predicted octanol–water partition coefficient (Wildman–Crippen LogP) is 1.56. The Labute approximate surface area is 102 Å². The van der Waals surface area contributed by atoms with Crippen LogP contribution in [-0.2, 0) is 4.79 Å². The van der Waals surface area contributed by atoms with Gasteiger partial charge in [0.25, 0.3) is 5.91 Å². The summed E-state index contributed by atoms with van der Waals surface area (Å²) >= 11 is 0. The van der Waals surface area contributed by atoms with Gasteiger partial charge in [-0.2, -0.15) is 0 Å². The molecule has 1 aromatic rings. The van der Waals surface area contributed by atoms with E-state index in [1.54, 1.807) is 0 Å². The summed E-state index contributed by atoms with van der Waals surface area (Å²) in [6.45, 7) is 0. The number of carboxylic acids is 1. The smallest absolute Gasteiger partial charge is 0.306 e. The van der Waals surface area contributed by atoms with E-state index in [1.165, 1.54) is 6.07 Å². The van der Waals surface area contributed by atoms with E-state index in [-0.39, 0.29) is 18.9 Å². The number of amides is 1. The van der Waals surface area contributed by atoms with E-state index in [9.17, 15) is 18.4 Å². The minimum Gasteiger partial charge on any atom is -0.481 e. The van der Waals surface area contributed by atoms with Gasteiger partial charge in [-0.3, -0.25) is 9.59 Å². The maximum absolute atomic E-state index is 13.3. The number of carboxylic acid groups (broad SMARTS) is 1. The molecule has 2 rings (SSSR count). The van der Waals surface area contributed by atoms with E-state index in [4.69, 9.17) is 5.11 Å². The van der Waals surface area contributed by atoms with E-state index in [0.29, 0.717) is 0 Å². The lowest BCUT2D eigenvalue weighted by molar-refractivity contribution is -0.145. The van der Waals surface area contributed by atoms with Crippen molar-refractivity contribution in [3.63, 3.8) is 0 Å². The fraction of sp³-hybridized carbons (Fsp3) is 0.333. The molecule has 1 aromatic carbocycles. The number of hydrogen-bond acceptors (Lipinski definition) is 2. The number of rotatable bonds is 3. The van der Waals surface area contributed by atoms with Crippen molar-refractivity contribution in [3.8, 4) is 0 Å². The van der Waals surface area contributed by atoms with Crippen molar-refractivity contribution in [1.82, 2.24) is 5.32 Å². The standard InChI is InChI=1S/C12H11F2NO3/c13-8-2-1-3-9(14)10(8)11(16)15-7-4-6(5-7)12(17)18/h1-3,6-7H,4-5H2,(H,15,16)(H,17,18). The number of nitrogens with one attached hydrogen (secondary N) is 1. The topological polar surface area (TPSA) is 66.4 Å². The number of carbonyl (C=O) groups is 2. The first-order valence-corrected chi connectivity index (χ1v) is 5.46. The molecule has 0 saturated heterocycles. The molecular weight excluding hydrogens is 244 g/mol. The molecular formula is C12H11F2NO3. The summed E-state index contributed by atoms with van der Waals surface area (Å²) in [5.74, 6) is -4.11. The van der Waals surface area contributed by atoms with Gasteiger partial charge in [0, 0.05) is 6.04 Å². The third-order valence-corrected chi connectivity index (χ3v) is 3.01. The van der Waals surface area contributed by atoms with Gasteiger partial charge >= 0.3 is 5.97 Å². The van der Waals surface area contributed by atoms with Gasteiger partial charge in [-0.25, -0.2) is 8.78 Å². The molecule has 18 heavy (non-hydrogen) atoms. The second kappa shape index (κ2) is 4.72. The molecule has 0 aromatic heterocycles. The average Bonchev–Trinajstić information content (AvgIpc) is 2.21. The predicted molar refractivity (Wildman–Crippen MR) is 58.0 cm³/mol. The maximum atomic E-state index is 13.3. The third-order valence-electron chi connectivity index (χ3n) is 3.01. The second-order valence-electron chi connectivity index (χ2n) is 4.27. The highest BCUT2D eigenvalue weighted by atomic mass is 19.1. The summed E-state index contributed by atoms with van der Waals surface area (Å²) in [4.78, 5) is 22.2. The molecule has 0 bridgehead atoms. The first kappa shape index (κ1) is 12.5. The van der Waals surface area contributed by atoms with E-state index >= 15 is 0 Å². The van der Waals surface area contributed by atoms with Crippen LogP contribution in [0.4, 0.5) is 8.78 Å². The fourth-order valence-electron chi connectivity index (χ4n) is 1.91. The number of hydrogen-bond donors (Lipinski definition) is 2. The lowest BCUT2D eigenvalue weighted by Crippen LogP contribution is -2.47. The van der Waals surface area contributed by atoms with Crippen molar-refractivity contribution in [2.75, 3.05) is 0 Å². The quantitative estimate of drug-likeness (QED) is 0.861. The number of aliphatic carboxylic acids is 1. The van der Waals surface area contributed by atoms with Crippen LogP contribution in [0.25, 0.3) is 0 Å². The van der Waals surface area contributed by atoms with Crippen molar-refractivity contribution in [3.05, 3.63) is 35.4 Å². The van der Waals surface area contributed by atoms with Crippen LogP contribution in [-0.4, -0.2) is 23.0 Å². The SMILES string of the molecule is O=C(NC1CC(C(=O)O)C1)c1c(F)cccc1F. The highest BCUT2D eigenvalue weighted by molar-refractivity contribution is 5.95. The summed E-state index contributed by atoms with van der Waals surface area (Å²) < 4.78 is 26.6. The number of halogens is 2. The van der Waals surface area contributed by atoms with Crippen molar-refractivity contribution in [2.45, 2.75) is 18.9 Å². The van der Waals surface area contributed by atoms with Gasteiger partial charge in [0.2, 0.25) is 0 Å². The molecule has 2 N–H and O–H groups in total. The Morgan fingerprint density at radius 1 is 1.22 bits per heavy atom. The van der Waals surface area contributed by atoms with Gasteiger partial charge in [-0.15, -0.1) is 0 Å². The first-order chi connectivity index (χ1) is 8.49. The van der Waals surface area contributed by atoms with Crippen molar-refractivity contribution in [1.29, 1.82) is 0 Å². The monoisotopic (exact) mass is 255 g/mol. The molecule has 0 aliphatic heterocycles. The molecule has 0 unspecified atom stereocenters. The molecule has 0 atom stereocenters. The minimum atomic E-state index is -0.929. The number of carbonyl (C=O) groups excluding carboxylic acids is 1. The molecule has 1 fully saturated rings. The molecule has 96 valence electrons. The number of benzene rings is 1. The zero-order valence-corrected chi connectivity index (χ0v) is 9.32. The second-order valence-corrected chi connectivity index (χ2v) is 4.27. The molecule has 6 heteroatoms. The van der Waals surface area contributed by atoms with Crippen molar-refractivity contribution >= 4 is 11.9 Å². The van der Waals surface area contributed by atoms with Crippen LogP contribution in [0.15, 0.2) is 18.2 Å². The Balaban J connectivity index is 2.00. The van der Waals surface area contributed by atoms with Crippen molar-refractivity contribution < 1.29 is 23.5 Å². The van der Waals surface area contributed by atoms with Gasteiger partial charge in [0.05, 0.1) is 5.92 Å². The summed E-state index contributed by atoms with van der Waals surface area (Å²) in [7, 11) is 0. The normalized spacial score (nSPS) is 22.1. The summed E-state index contributed by atoms with van der Waals surface area (Å²) in [5, 5.41) is 11.1. The molecule has 0 spiro atoms. The summed E-state index contributed by atoms with van der Waals surface area (Å²) in [5.41, 5.74) is -0.628. The Kier molecular flexibility index (Phi) is 3.27. The van der Waals surface area contributed by atoms with Crippen LogP contribution in [0.5, 0.6) is 0 Å². The lowest BCUT2D eigenvalue weighted by Gasteiger charge is -2.32. The highest BCUT2D eigenvalue weighted by Crippen LogP contribution is 2.27. The van der Waals surface area contributed by atoms with Crippen molar-refractivity contribution in [2.24, 2.45) is 5.92 Å². The average molecular weight is 255 g/mol. The molecule has 4 nitrogen and oxygen atoms in total. The first-order valence-electron chi connectivity index (χ1n) is 5.46. The lowest BCUT2D eigenvalue weighted by atomic mass is 9.80. The van der Waals surface area contributed by atoms with Crippen LogP contribution in [0.3, 0.4) is 0 Å². The zero-order valence-electron chi connectivity index (χ0n) is 9.32. The van der Waals surface area contributed by atoms with Gasteiger partial charge in [-0.05, 0) is 25.0 Å². The Bertz CT molecular complexity index is 478. The maximum Gasteiger partial charge on any atom is 0.306 e. The molecule has 1 saturated carbocycles. The Morgan fingerprint density at radius 3 is 2.28 bits per heavy atom. The van der Waals surface area contributed by atoms with Crippen LogP contribution in [0, 0.1) is 17.6 Å². The van der Waals surface area contributed by atoms with E-state index < -0.39 is 35.0 Å². The fourth-order valence-corrected chi connectivity index (χ4v) is 1.91. The Hall–Kier alpha value is -1.98. The van der Waals surface area contributed by atoms with Crippen LogP contribution >= 0.6 is 0 Å². The van der Waals surface area contributed by atoms with Crippen LogP contribution < -0.4 is 5.32 Å². The molecule has 0 heterocycles. The Morgan fingerprint density at radius 2 is 1.78 bits per heavy atom. The summed E-state index contributed by atoms with van der Waals surface area (Å²) in [6, 6.07) is 2.83. The van der Waals surface area contributed by atoms with E-state index in [1.807, 2.05) is 0 Å². The van der Waals surface area contributed by atoms with E-state index in [2.05, 4.69) is 5.32 Å². The van der Waals surface area contributed by atoms with Gasteiger partial charge in [0.15, 0.2) is 0 Å². The van der Waals surface area contributed by atoms with Crippen LogP contribution in [0.2, 0.25) is 0 Å². The summed E-state index contributed by atoms with van der Waals surface area (Å²) in [6.07, 6.45) is 0.578. The van der Waals surface area contributed by atoms with Gasteiger partial charge in [-0.1, -0.05) is 6.07 Å². The van der Waals surface area contributed by atoms with Crippen LogP contribution in [0.1, 0.15) is 23.2 Å². The molecule has 1 aliphatic rings. The minimum absolute atomic E-state index is 0.289. The largest absolute Gasteiger partial charge is 0.481 e. The van der Waals surface area contributed by atoms with E-state index in [0.717, 1.165) is 12.1 Å². The van der Waals surface area contributed by atoms with Gasteiger partial charge < -0.3 is 10.4 Å². The molecule has 1 amide bonds. The third kappa shape index (κ3) is 2.32. The van der Waals surface area contributed by atoms with Gasteiger partial charge in [0.1, 0.15) is 17.2 Å². The zero-order chi connectivity index (χ0) is 13.3.